The third-order valence-electron chi connectivity index (χ3n) is 9.77. The van der Waals surface area contributed by atoms with Crippen molar-refractivity contribution in [2.45, 2.75) is 90.5 Å². The molecule has 0 spiro atoms. The Bertz CT molecular complexity index is 1040. The molecule has 0 saturated heterocycles. The maximum Gasteiger partial charge on any atom is 0.306 e. The first kappa shape index (κ1) is 25.8. The summed E-state index contributed by atoms with van der Waals surface area (Å²) in [5.41, 5.74) is -5.01. The summed E-state index contributed by atoms with van der Waals surface area (Å²) < 4.78 is 23.4. The molecule has 0 radical (unpaired) electrons. The van der Waals surface area contributed by atoms with E-state index in [1.165, 1.54) is 12.2 Å². The van der Waals surface area contributed by atoms with Gasteiger partial charge in [-0.15, -0.1) is 0 Å². The number of hydrogen-bond acceptors (Lipinski definition) is 6. The Labute approximate surface area is 206 Å². The number of ether oxygens (including phenoxy) is 1. The number of halogens is 1. The fraction of sp³-hybridized carbons (Fsp3) is 0.679. The lowest BCUT2D eigenvalue weighted by molar-refractivity contribution is -0.227. The van der Waals surface area contributed by atoms with Gasteiger partial charge in [0.2, 0.25) is 0 Å². The van der Waals surface area contributed by atoms with Crippen molar-refractivity contribution >= 4 is 17.5 Å². The third kappa shape index (κ3) is 3.26. The maximum atomic E-state index is 17.3. The highest BCUT2D eigenvalue weighted by Gasteiger charge is 2.76. The zero-order valence-electron chi connectivity index (χ0n) is 21.3. The van der Waals surface area contributed by atoms with Crippen LogP contribution >= 0.6 is 0 Å². The number of alkyl halides is 1. The summed E-state index contributed by atoms with van der Waals surface area (Å²) in [5.74, 6) is -2.65. The summed E-state index contributed by atoms with van der Waals surface area (Å²) in [6, 6.07) is 0. The highest BCUT2D eigenvalue weighted by atomic mass is 19.1. The average Bonchev–Trinajstić information content (AvgIpc) is 3.02. The van der Waals surface area contributed by atoms with E-state index in [4.69, 9.17) is 4.74 Å². The van der Waals surface area contributed by atoms with Crippen molar-refractivity contribution in [3.63, 3.8) is 0 Å². The van der Waals surface area contributed by atoms with Crippen molar-refractivity contribution in [2.24, 2.45) is 28.6 Å². The molecular formula is C28H37FO6. The number of rotatable bonds is 5. The number of carbonyl (C=O) groups excluding carboxylic acids is 3. The number of fused-ring (bicyclic) bond motifs is 5. The molecule has 0 bridgehead atoms. The largest absolute Gasteiger partial charge is 0.508 e. The van der Waals surface area contributed by atoms with Gasteiger partial charge in [0.15, 0.2) is 22.8 Å². The van der Waals surface area contributed by atoms with Crippen molar-refractivity contribution in [1.82, 2.24) is 0 Å². The second-order valence-electron chi connectivity index (χ2n) is 11.3. The van der Waals surface area contributed by atoms with E-state index in [0.29, 0.717) is 24.8 Å². The van der Waals surface area contributed by atoms with Gasteiger partial charge in [0.25, 0.3) is 0 Å². The molecule has 4 rings (SSSR count). The highest BCUT2D eigenvalue weighted by Crippen LogP contribution is 2.72. The fourth-order valence-corrected chi connectivity index (χ4v) is 7.96. The first-order valence-corrected chi connectivity index (χ1v) is 12.8. The summed E-state index contributed by atoms with van der Waals surface area (Å²) in [5, 5.41) is 22.9. The minimum Gasteiger partial charge on any atom is -0.508 e. The number of aliphatic hydroxyl groups is 2. The van der Waals surface area contributed by atoms with E-state index in [0.717, 1.165) is 6.08 Å². The molecule has 2 N–H and O–H groups in total. The van der Waals surface area contributed by atoms with Gasteiger partial charge in [-0.25, -0.2) is 4.39 Å². The molecule has 8 atom stereocenters. The standard InChI is InChI=1S/C28H37FO6/c1-6-18(30)14-22(32)28(35-24(34)7-2)16(3)12-21-20-9-8-17-13-19(31)10-11-25(17,4)27(20,29)23(33)15-26(21,28)5/h10-11,13-14,16,20-21,23,32-33H,6-9,12,15H2,1-5H3/t16-,20+,21+,23+,25+,26+,27+,28+/m1/s1. The molecule has 4 aliphatic carbocycles. The minimum absolute atomic E-state index is 0.0606. The molecule has 6 nitrogen and oxygen atoms in total. The van der Waals surface area contributed by atoms with E-state index in [9.17, 15) is 24.6 Å². The smallest absolute Gasteiger partial charge is 0.306 e. The minimum atomic E-state index is -2.03. The number of carbonyl (C=O) groups is 3. The van der Waals surface area contributed by atoms with Gasteiger partial charge in [-0.2, -0.15) is 0 Å². The topological polar surface area (TPSA) is 101 Å². The predicted octanol–water partition coefficient (Wildman–Crippen LogP) is 4.72. The van der Waals surface area contributed by atoms with Crippen LogP contribution in [0.15, 0.2) is 35.6 Å². The van der Waals surface area contributed by atoms with Crippen molar-refractivity contribution in [2.75, 3.05) is 0 Å². The Balaban J connectivity index is 1.87. The van der Waals surface area contributed by atoms with E-state index >= 15 is 4.39 Å². The van der Waals surface area contributed by atoms with Gasteiger partial charge in [0, 0.05) is 41.6 Å². The Morgan fingerprint density at radius 2 is 1.91 bits per heavy atom. The first-order valence-electron chi connectivity index (χ1n) is 12.8. The molecule has 192 valence electrons. The number of aliphatic hydroxyl groups excluding tert-OH is 2. The van der Waals surface area contributed by atoms with Crippen LogP contribution in [-0.2, 0) is 19.1 Å². The summed E-state index contributed by atoms with van der Waals surface area (Å²) in [7, 11) is 0. The van der Waals surface area contributed by atoms with Crippen molar-refractivity contribution in [3.05, 3.63) is 35.6 Å². The monoisotopic (exact) mass is 488 g/mol. The lowest BCUT2D eigenvalue weighted by Gasteiger charge is -2.63. The molecule has 0 aromatic heterocycles. The van der Waals surface area contributed by atoms with Crippen LogP contribution in [0.5, 0.6) is 0 Å². The molecule has 3 fully saturated rings. The van der Waals surface area contributed by atoms with Crippen molar-refractivity contribution in [3.8, 4) is 0 Å². The van der Waals surface area contributed by atoms with E-state index in [1.807, 2.05) is 13.8 Å². The molecule has 0 aromatic carbocycles. The summed E-state index contributed by atoms with van der Waals surface area (Å²) >= 11 is 0. The lowest BCUT2D eigenvalue weighted by atomic mass is 9.44. The quantitative estimate of drug-likeness (QED) is 0.330. The molecule has 3 saturated carbocycles. The van der Waals surface area contributed by atoms with Crippen LogP contribution in [0.25, 0.3) is 0 Å². The Morgan fingerprint density at radius 3 is 2.54 bits per heavy atom. The van der Waals surface area contributed by atoms with Crippen LogP contribution in [0.3, 0.4) is 0 Å². The molecular weight excluding hydrogens is 451 g/mol. The van der Waals surface area contributed by atoms with Gasteiger partial charge >= 0.3 is 5.97 Å². The molecule has 4 aliphatic rings. The van der Waals surface area contributed by atoms with E-state index < -0.39 is 46.0 Å². The second kappa shape index (κ2) is 8.39. The van der Waals surface area contributed by atoms with Gasteiger partial charge in [0.05, 0.1) is 6.10 Å². The van der Waals surface area contributed by atoms with Crippen LogP contribution in [0, 0.1) is 28.6 Å². The second-order valence-corrected chi connectivity index (χ2v) is 11.3. The Hall–Kier alpha value is -2.28. The number of hydrogen-bond donors (Lipinski definition) is 2. The third-order valence-corrected chi connectivity index (χ3v) is 9.77. The number of ketones is 2. The zero-order valence-corrected chi connectivity index (χ0v) is 21.3. The molecule has 0 amide bonds. The van der Waals surface area contributed by atoms with E-state index in [1.54, 1.807) is 26.8 Å². The number of esters is 1. The van der Waals surface area contributed by atoms with Gasteiger partial charge in [-0.1, -0.05) is 39.3 Å². The highest BCUT2D eigenvalue weighted by molar-refractivity contribution is 6.01. The molecule has 0 aliphatic heterocycles. The SMILES string of the molecule is CCC(=O)C=C(O)[C@@]1(OC(=O)CC)[C@H](C)C[C@H]2[C@@H]3CCC4=CC(=O)C=C[C@]4(C)[C@@]3(F)[C@@H](O)C[C@@]21C. The lowest BCUT2D eigenvalue weighted by Crippen LogP contribution is -2.69. The predicted molar refractivity (Wildman–Crippen MR) is 128 cm³/mol. The Morgan fingerprint density at radius 1 is 1.23 bits per heavy atom. The van der Waals surface area contributed by atoms with E-state index in [2.05, 4.69) is 0 Å². The van der Waals surface area contributed by atoms with Crippen molar-refractivity contribution in [1.29, 1.82) is 0 Å². The molecule has 0 heterocycles. The van der Waals surface area contributed by atoms with Crippen LogP contribution in [0.1, 0.15) is 73.1 Å². The fourth-order valence-electron chi connectivity index (χ4n) is 7.96. The summed E-state index contributed by atoms with van der Waals surface area (Å²) in [6.45, 7) is 8.79. The normalized spacial score (nSPS) is 44.7. The van der Waals surface area contributed by atoms with Crippen LogP contribution in [0.4, 0.5) is 4.39 Å². The van der Waals surface area contributed by atoms with Crippen LogP contribution in [0.2, 0.25) is 0 Å². The number of allylic oxidation sites excluding steroid dienone is 5. The zero-order chi connectivity index (χ0) is 26.0. The molecule has 35 heavy (non-hydrogen) atoms. The van der Waals surface area contributed by atoms with Gasteiger partial charge in [0.1, 0.15) is 5.76 Å². The average molecular weight is 489 g/mol. The van der Waals surface area contributed by atoms with Crippen molar-refractivity contribution < 1.29 is 33.7 Å². The van der Waals surface area contributed by atoms with Gasteiger partial charge in [-0.3, -0.25) is 14.4 Å². The summed E-state index contributed by atoms with van der Waals surface area (Å²) in [4.78, 5) is 37.0. The van der Waals surface area contributed by atoms with Crippen LogP contribution in [-0.4, -0.2) is 45.1 Å². The van der Waals surface area contributed by atoms with E-state index in [-0.39, 0.29) is 42.5 Å². The van der Waals surface area contributed by atoms with Gasteiger partial charge in [-0.05, 0) is 50.7 Å². The van der Waals surface area contributed by atoms with Gasteiger partial charge < -0.3 is 14.9 Å². The Kier molecular flexibility index (Phi) is 6.19. The van der Waals surface area contributed by atoms with Crippen LogP contribution < -0.4 is 0 Å². The molecule has 0 aromatic rings. The molecule has 7 heteroatoms. The summed E-state index contributed by atoms with van der Waals surface area (Å²) in [6.07, 6.45) is 5.78. The first-order chi connectivity index (χ1) is 16.3. The molecule has 0 unspecified atom stereocenters. The maximum absolute atomic E-state index is 17.3.